The van der Waals surface area contributed by atoms with Crippen molar-refractivity contribution in [1.29, 1.82) is 0 Å². The lowest BCUT2D eigenvalue weighted by Crippen LogP contribution is -2.35. The van der Waals surface area contributed by atoms with Crippen LogP contribution in [-0.2, 0) is 11.2 Å². The van der Waals surface area contributed by atoms with Gasteiger partial charge in [-0.2, -0.15) is 0 Å². The SMILES string of the molecule is O=C(Cc1ccccc1)NC(=S)Nc1ccc2oc(-c3ccc(F)cc3)nc2c1. The second-order valence-electron chi connectivity index (χ2n) is 6.37. The molecule has 0 bridgehead atoms. The number of hydrogen-bond donors (Lipinski definition) is 2. The van der Waals surface area contributed by atoms with E-state index in [1.54, 1.807) is 30.3 Å². The Hall–Kier alpha value is -3.58. The molecular formula is C22H16FN3O2S. The molecule has 5 nitrogen and oxygen atoms in total. The number of nitrogens with zero attached hydrogens (tertiary/aromatic N) is 1. The highest BCUT2D eigenvalue weighted by Gasteiger charge is 2.10. The quantitative estimate of drug-likeness (QED) is 0.482. The molecule has 1 heterocycles. The normalized spacial score (nSPS) is 10.7. The number of anilines is 1. The summed E-state index contributed by atoms with van der Waals surface area (Å²) in [6.07, 6.45) is 0.242. The third-order valence-corrected chi connectivity index (χ3v) is 4.40. The number of benzene rings is 3. The van der Waals surface area contributed by atoms with Crippen LogP contribution in [0.2, 0.25) is 0 Å². The highest BCUT2D eigenvalue weighted by Crippen LogP contribution is 2.26. The van der Waals surface area contributed by atoms with Crippen LogP contribution in [0.3, 0.4) is 0 Å². The second-order valence-corrected chi connectivity index (χ2v) is 6.78. The lowest BCUT2D eigenvalue weighted by molar-refractivity contribution is -0.119. The fraction of sp³-hybridized carbons (Fsp3) is 0.0455. The van der Waals surface area contributed by atoms with Crippen molar-refractivity contribution in [2.24, 2.45) is 0 Å². The van der Waals surface area contributed by atoms with Gasteiger partial charge in [-0.3, -0.25) is 4.79 Å². The van der Waals surface area contributed by atoms with Gasteiger partial charge in [-0.1, -0.05) is 30.3 Å². The Balaban J connectivity index is 1.43. The van der Waals surface area contributed by atoms with Crippen molar-refractivity contribution in [3.63, 3.8) is 0 Å². The van der Waals surface area contributed by atoms with Gasteiger partial charge >= 0.3 is 0 Å². The molecule has 2 N–H and O–H groups in total. The van der Waals surface area contributed by atoms with Crippen molar-refractivity contribution in [2.75, 3.05) is 5.32 Å². The summed E-state index contributed by atoms with van der Waals surface area (Å²) in [4.78, 5) is 16.6. The smallest absolute Gasteiger partial charge is 0.230 e. The molecule has 0 unspecified atom stereocenters. The van der Waals surface area contributed by atoms with Gasteiger partial charge in [-0.25, -0.2) is 9.37 Å². The first-order valence-corrected chi connectivity index (χ1v) is 9.29. The predicted octanol–water partition coefficient (Wildman–Crippen LogP) is 4.69. The van der Waals surface area contributed by atoms with Gasteiger partial charge in [-0.15, -0.1) is 0 Å². The Kier molecular flexibility index (Phi) is 5.31. The number of rotatable bonds is 4. The number of hydrogen-bond acceptors (Lipinski definition) is 4. The first kappa shape index (κ1) is 18.8. The van der Waals surface area contributed by atoms with Crippen LogP contribution in [0.1, 0.15) is 5.56 Å². The van der Waals surface area contributed by atoms with E-state index in [0.29, 0.717) is 28.2 Å². The minimum absolute atomic E-state index is 0.199. The van der Waals surface area contributed by atoms with Gasteiger partial charge in [0.05, 0.1) is 6.42 Å². The van der Waals surface area contributed by atoms with E-state index in [9.17, 15) is 9.18 Å². The Morgan fingerprint density at radius 1 is 1.03 bits per heavy atom. The minimum atomic E-state index is -0.320. The van der Waals surface area contributed by atoms with E-state index in [4.69, 9.17) is 16.6 Å². The molecule has 1 aromatic heterocycles. The van der Waals surface area contributed by atoms with Crippen molar-refractivity contribution >= 4 is 40.0 Å². The van der Waals surface area contributed by atoms with E-state index in [1.165, 1.54) is 12.1 Å². The summed E-state index contributed by atoms with van der Waals surface area (Å²) in [6.45, 7) is 0. The predicted molar refractivity (Wildman–Crippen MR) is 114 cm³/mol. The van der Waals surface area contributed by atoms with Gasteiger partial charge < -0.3 is 15.1 Å². The van der Waals surface area contributed by atoms with Gasteiger partial charge in [0.2, 0.25) is 11.8 Å². The van der Waals surface area contributed by atoms with Gasteiger partial charge in [0.15, 0.2) is 10.7 Å². The van der Waals surface area contributed by atoms with Crippen LogP contribution < -0.4 is 10.6 Å². The molecule has 4 rings (SSSR count). The number of amides is 1. The summed E-state index contributed by atoms with van der Waals surface area (Å²) in [6, 6.07) is 20.6. The first-order valence-electron chi connectivity index (χ1n) is 8.88. The maximum Gasteiger partial charge on any atom is 0.230 e. The number of fused-ring (bicyclic) bond motifs is 1. The second kappa shape index (κ2) is 8.20. The monoisotopic (exact) mass is 405 g/mol. The average Bonchev–Trinajstić information content (AvgIpc) is 3.12. The Bertz CT molecular complexity index is 1170. The molecule has 0 radical (unpaired) electrons. The van der Waals surface area contributed by atoms with E-state index < -0.39 is 0 Å². The lowest BCUT2D eigenvalue weighted by Gasteiger charge is -2.09. The van der Waals surface area contributed by atoms with Crippen molar-refractivity contribution in [3.8, 4) is 11.5 Å². The minimum Gasteiger partial charge on any atom is -0.436 e. The van der Waals surface area contributed by atoms with Crippen molar-refractivity contribution in [2.45, 2.75) is 6.42 Å². The van der Waals surface area contributed by atoms with Crippen molar-refractivity contribution < 1.29 is 13.6 Å². The molecule has 0 spiro atoms. The first-order chi connectivity index (χ1) is 14.1. The zero-order chi connectivity index (χ0) is 20.2. The Labute approximate surface area is 171 Å². The zero-order valence-electron chi connectivity index (χ0n) is 15.2. The van der Waals surface area contributed by atoms with Gasteiger partial charge in [-0.05, 0) is 60.2 Å². The summed E-state index contributed by atoms with van der Waals surface area (Å²) in [5.41, 5.74) is 3.47. The van der Waals surface area contributed by atoms with Gasteiger partial charge in [0.1, 0.15) is 11.3 Å². The van der Waals surface area contributed by atoms with E-state index in [2.05, 4.69) is 15.6 Å². The highest BCUT2D eigenvalue weighted by molar-refractivity contribution is 7.80. The fourth-order valence-corrected chi connectivity index (χ4v) is 3.07. The van der Waals surface area contributed by atoms with Crippen LogP contribution in [0.25, 0.3) is 22.6 Å². The number of carbonyl (C=O) groups is 1. The average molecular weight is 405 g/mol. The maximum absolute atomic E-state index is 13.1. The number of aromatic nitrogens is 1. The molecule has 144 valence electrons. The summed E-state index contributed by atoms with van der Waals surface area (Å²) in [5.74, 6) is -0.120. The third kappa shape index (κ3) is 4.64. The number of carbonyl (C=O) groups excluding carboxylic acids is 1. The van der Waals surface area contributed by atoms with E-state index in [0.717, 1.165) is 5.56 Å². The Morgan fingerprint density at radius 3 is 2.55 bits per heavy atom. The molecule has 4 aromatic rings. The van der Waals surface area contributed by atoms with Crippen LogP contribution in [0, 0.1) is 5.82 Å². The molecule has 0 fully saturated rings. The molecule has 0 aliphatic carbocycles. The van der Waals surface area contributed by atoms with Crippen LogP contribution >= 0.6 is 12.2 Å². The largest absolute Gasteiger partial charge is 0.436 e. The molecule has 29 heavy (non-hydrogen) atoms. The van der Waals surface area contributed by atoms with Crippen LogP contribution in [0.15, 0.2) is 77.2 Å². The van der Waals surface area contributed by atoms with Crippen molar-refractivity contribution in [3.05, 3.63) is 84.2 Å². The van der Waals surface area contributed by atoms with E-state index in [1.807, 2.05) is 30.3 Å². The molecule has 0 saturated heterocycles. The standard InChI is InChI=1S/C22H16FN3O2S/c23-16-8-6-15(7-9-16)21-25-18-13-17(10-11-19(18)28-21)24-22(29)26-20(27)12-14-4-2-1-3-5-14/h1-11,13H,12H2,(H2,24,26,27,29). The molecular weight excluding hydrogens is 389 g/mol. The highest BCUT2D eigenvalue weighted by atomic mass is 32.1. The molecule has 0 atom stereocenters. The van der Waals surface area contributed by atoms with Gasteiger partial charge in [0, 0.05) is 11.3 Å². The number of oxazole rings is 1. The van der Waals surface area contributed by atoms with Gasteiger partial charge in [0.25, 0.3) is 0 Å². The number of halogens is 1. The topological polar surface area (TPSA) is 67.2 Å². The molecule has 0 aliphatic heterocycles. The van der Waals surface area contributed by atoms with E-state index in [-0.39, 0.29) is 23.3 Å². The molecule has 3 aromatic carbocycles. The lowest BCUT2D eigenvalue weighted by atomic mass is 10.1. The zero-order valence-corrected chi connectivity index (χ0v) is 16.0. The Morgan fingerprint density at radius 2 is 1.79 bits per heavy atom. The molecule has 0 saturated carbocycles. The van der Waals surface area contributed by atoms with Crippen LogP contribution in [0.4, 0.5) is 10.1 Å². The molecule has 0 aliphatic rings. The summed E-state index contributed by atoms with van der Waals surface area (Å²) in [7, 11) is 0. The summed E-state index contributed by atoms with van der Waals surface area (Å²) < 4.78 is 18.8. The number of nitrogens with one attached hydrogen (secondary N) is 2. The third-order valence-electron chi connectivity index (χ3n) is 4.20. The fourth-order valence-electron chi connectivity index (χ4n) is 2.84. The van der Waals surface area contributed by atoms with Crippen molar-refractivity contribution in [1.82, 2.24) is 10.3 Å². The molecule has 1 amide bonds. The number of thiocarbonyl (C=S) groups is 1. The molecule has 7 heteroatoms. The van der Waals surface area contributed by atoms with Crippen LogP contribution in [-0.4, -0.2) is 16.0 Å². The maximum atomic E-state index is 13.1. The van der Waals surface area contributed by atoms with Crippen LogP contribution in [0.5, 0.6) is 0 Å². The summed E-state index contributed by atoms with van der Waals surface area (Å²) in [5, 5.41) is 5.84. The van der Waals surface area contributed by atoms with E-state index >= 15 is 0 Å². The summed E-state index contributed by atoms with van der Waals surface area (Å²) >= 11 is 5.22.